The normalized spacial score (nSPS) is 21.9. The summed E-state index contributed by atoms with van der Waals surface area (Å²) in [5, 5.41) is 12.5. The minimum absolute atomic E-state index is 0.00682. The maximum Gasteiger partial charge on any atom is 0.435 e. The highest BCUT2D eigenvalue weighted by atomic mass is 16.4. The van der Waals surface area contributed by atoms with Crippen LogP contribution in [-0.4, -0.2) is 75.5 Å². The third-order valence-corrected chi connectivity index (χ3v) is 7.68. The van der Waals surface area contributed by atoms with Gasteiger partial charge >= 0.3 is 17.5 Å². The van der Waals surface area contributed by atoms with E-state index in [1.54, 1.807) is 0 Å². The Balaban J connectivity index is 1.54. The Kier molecular flexibility index (Phi) is 9.17. The van der Waals surface area contributed by atoms with Crippen molar-refractivity contribution >= 4 is 23.7 Å². The molecule has 10 nitrogen and oxygen atoms in total. The molecule has 4 N–H and O–H groups in total. The second-order valence-corrected chi connectivity index (χ2v) is 10.5. The van der Waals surface area contributed by atoms with Gasteiger partial charge in [0.1, 0.15) is 12.1 Å². The van der Waals surface area contributed by atoms with Crippen LogP contribution in [0.2, 0.25) is 0 Å². The zero-order valence-corrected chi connectivity index (χ0v) is 22.4. The number of carboxylic acid groups (broad SMARTS) is 1. The highest BCUT2D eigenvalue weighted by Crippen LogP contribution is 2.36. The standard InChI is InChI=1S/C30H35N5O5/c1-32-30(29(40)34-16-8-14-25(34)28(38)39)15-9-17-35(30)27(37)24(19-22-12-6-3-7-13-22)33-26(36)20-23(31)18-21-10-4-2-5-11-21/h1-7,10-13,23-25H,8-9,14-20,31H2,(H-,33,36,38,39)/p+1. The second kappa shape index (κ2) is 12.7. The van der Waals surface area contributed by atoms with Gasteiger partial charge in [-0.3, -0.25) is 19.3 Å². The summed E-state index contributed by atoms with van der Waals surface area (Å²) in [4.78, 5) is 59.2. The van der Waals surface area contributed by atoms with Gasteiger partial charge in [0.15, 0.2) is 0 Å². The summed E-state index contributed by atoms with van der Waals surface area (Å²) in [6.07, 6.45) is 2.18. The number of likely N-dealkylation sites (tertiary alicyclic amines) is 2. The molecule has 3 amide bonds. The predicted molar refractivity (Wildman–Crippen MR) is 149 cm³/mol. The Morgan fingerprint density at radius 3 is 2.23 bits per heavy atom. The van der Waals surface area contributed by atoms with Crippen LogP contribution in [-0.2, 0) is 32.0 Å². The molecule has 0 bridgehead atoms. The van der Waals surface area contributed by atoms with Gasteiger partial charge in [-0.2, -0.15) is 0 Å². The van der Waals surface area contributed by atoms with Gasteiger partial charge in [0.05, 0.1) is 6.42 Å². The number of nitrogens with zero attached hydrogens (tertiary/aromatic N) is 3. The Bertz CT molecular complexity index is 1260. The smallest absolute Gasteiger partial charge is 0.435 e. The quantitative estimate of drug-likeness (QED) is 0.417. The molecule has 0 aromatic heterocycles. The molecule has 40 heavy (non-hydrogen) atoms. The molecule has 2 heterocycles. The van der Waals surface area contributed by atoms with Gasteiger partial charge in [-0.25, -0.2) is 4.79 Å². The van der Waals surface area contributed by atoms with Gasteiger partial charge in [-0.05, 0) is 41.7 Å². The Morgan fingerprint density at radius 1 is 1.00 bits per heavy atom. The summed E-state index contributed by atoms with van der Waals surface area (Å²) in [5.41, 5.74) is 6.36. The topological polar surface area (TPSA) is 137 Å². The monoisotopic (exact) mass is 546 g/mol. The van der Waals surface area contributed by atoms with Crippen molar-refractivity contribution in [2.24, 2.45) is 5.73 Å². The largest absolute Gasteiger partial charge is 0.480 e. The van der Waals surface area contributed by atoms with E-state index in [0.717, 1.165) is 11.1 Å². The first kappa shape index (κ1) is 28.8. The van der Waals surface area contributed by atoms with Crippen LogP contribution in [0.1, 0.15) is 43.2 Å². The number of carbonyl (C=O) groups excluding carboxylic acids is 3. The first-order valence-electron chi connectivity index (χ1n) is 13.7. The molecular weight excluding hydrogens is 510 g/mol. The molecule has 2 aliphatic rings. The lowest BCUT2D eigenvalue weighted by Gasteiger charge is -2.32. The average molecular weight is 547 g/mol. The van der Waals surface area contributed by atoms with Crippen molar-refractivity contribution in [3.8, 4) is 6.57 Å². The maximum atomic E-state index is 14.0. The van der Waals surface area contributed by atoms with Gasteiger partial charge in [-0.1, -0.05) is 60.7 Å². The molecule has 10 heteroatoms. The number of hydrogen-bond donors (Lipinski definition) is 3. The van der Waals surface area contributed by atoms with Crippen LogP contribution in [0.5, 0.6) is 0 Å². The van der Waals surface area contributed by atoms with Gasteiger partial charge in [0, 0.05) is 32.0 Å². The minimum atomic E-state index is -1.72. The lowest BCUT2D eigenvalue weighted by molar-refractivity contribution is -0.155. The van der Waals surface area contributed by atoms with Crippen LogP contribution in [0.15, 0.2) is 60.7 Å². The van der Waals surface area contributed by atoms with Crippen molar-refractivity contribution in [1.82, 2.24) is 15.1 Å². The van der Waals surface area contributed by atoms with E-state index in [1.165, 1.54) is 9.80 Å². The number of amides is 3. The first-order valence-corrected chi connectivity index (χ1v) is 13.7. The van der Waals surface area contributed by atoms with E-state index in [0.29, 0.717) is 25.7 Å². The van der Waals surface area contributed by atoms with E-state index >= 15 is 0 Å². The number of aliphatic carboxylic acids is 1. The molecule has 2 aromatic carbocycles. The number of benzene rings is 2. The minimum Gasteiger partial charge on any atom is -0.480 e. The van der Waals surface area contributed by atoms with Crippen LogP contribution in [0, 0.1) is 6.57 Å². The van der Waals surface area contributed by atoms with Gasteiger partial charge < -0.3 is 21.1 Å². The summed E-state index contributed by atoms with van der Waals surface area (Å²) in [6, 6.07) is 16.4. The molecule has 0 saturated carbocycles. The number of rotatable bonds is 10. The second-order valence-electron chi connectivity index (χ2n) is 10.5. The van der Waals surface area contributed by atoms with Crippen molar-refractivity contribution in [2.45, 2.75) is 68.7 Å². The molecule has 2 saturated heterocycles. The van der Waals surface area contributed by atoms with Gasteiger partial charge in [-0.15, -0.1) is 0 Å². The molecule has 210 valence electrons. The maximum absolute atomic E-state index is 14.0. The number of carbonyl (C=O) groups is 4. The Hall–Kier alpha value is -4.23. The van der Waals surface area contributed by atoms with Crippen LogP contribution in [0.25, 0.3) is 4.85 Å². The highest BCUT2D eigenvalue weighted by molar-refractivity contribution is 5.98. The summed E-state index contributed by atoms with van der Waals surface area (Å²) in [6.45, 7) is 6.26. The number of nitrogens with two attached hydrogens (primary N) is 1. The molecule has 4 atom stereocenters. The molecule has 4 unspecified atom stereocenters. The van der Waals surface area contributed by atoms with Crippen molar-refractivity contribution < 1.29 is 24.3 Å². The van der Waals surface area contributed by atoms with Crippen LogP contribution < -0.4 is 11.1 Å². The van der Waals surface area contributed by atoms with E-state index in [9.17, 15) is 24.3 Å². The molecule has 4 rings (SSSR count). The summed E-state index contributed by atoms with van der Waals surface area (Å²) >= 11 is 0. The van der Waals surface area contributed by atoms with E-state index < -0.39 is 41.6 Å². The highest BCUT2D eigenvalue weighted by Gasteiger charge is 2.63. The van der Waals surface area contributed by atoms with Crippen LogP contribution in [0.3, 0.4) is 0 Å². The molecular formula is C30H36N5O5+. The first-order chi connectivity index (χ1) is 19.2. The van der Waals surface area contributed by atoms with Crippen LogP contribution in [0.4, 0.5) is 0 Å². The predicted octanol–water partition coefficient (Wildman–Crippen LogP) is 2.03. The summed E-state index contributed by atoms with van der Waals surface area (Å²) < 4.78 is 0. The zero-order chi connectivity index (χ0) is 28.7. The van der Waals surface area contributed by atoms with Crippen molar-refractivity contribution in [1.29, 1.82) is 0 Å². The fourth-order valence-electron chi connectivity index (χ4n) is 5.72. The molecule has 0 aliphatic carbocycles. The van der Waals surface area contributed by atoms with E-state index in [1.807, 2.05) is 60.7 Å². The molecule has 0 spiro atoms. The van der Waals surface area contributed by atoms with E-state index in [4.69, 9.17) is 12.3 Å². The molecule has 2 fully saturated rings. The summed E-state index contributed by atoms with van der Waals surface area (Å²) in [5.74, 6) is -2.58. The molecule has 2 aromatic rings. The Labute approximate surface area is 233 Å². The van der Waals surface area contributed by atoms with E-state index in [2.05, 4.69) is 10.2 Å². The lowest BCUT2D eigenvalue weighted by Crippen LogP contribution is -2.61. The van der Waals surface area contributed by atoms with E-state index in [-0.39, 0.29) is 38.3 Å². The fraction of sp³-hybridized carbons (Fsp3) is 0.433. The van der Waals surface area contributed by atoms with Gasteiger partial charge in [0.2, 0.25) is 5.91 Å². The SMILES string of the molecule is C#[N+]C1(C(=O)N2CCCC2C(=O)O)CCCN1C(=O)C(Cc1ccccc1)NC(=O)CC(N)Cc1ccccc1. The third-order valence-electron chi connectivity index (χ3n) is 7.68. The van der Waals surface area contributed by atoms with Crippen molar-refractivity contribution in [3.05, 3.63) is 76.6 Å². The van der Waals surface area contributed by atoms with Crippen molar-refractivity contribution in [3.63, 3.8) is 0 Å². The summed E-state index contributed by atoms with van der Waals surface area (Å²) in [7, 11) is 0. The van der Waals surface area contributed by atoms with Crippen LogP contribution >= 0.6 is 0 Å². The Morgan fingerprint density at radius 2 is 1.62 bits per heavy atom. The average Bonchev–Trinajstić information content (AvgIpc) is 3.61. The van der Waals surface area contributed by atoms with Crippen molar-refractivity contribution in [2.75, 3.05) is 13.1 Å². The lowest BCUT2D eigenvalue weighted by atomic mass is 10.0. The zero-order valence-electron chi connectivity index (χ0n) is 22.4. The third kappa shape index (κ3) is 6.32. The number of carboxylic acids is 1. The molecule has 0 radical (unpaired) electrons. The number of nitrogens with one attached hydrogen (secondary N) is 1. The molecule has 2 aliphatic heterocycles. The fourth-order valence-corrected chi connectivity index (χ4v) is 5.72. The number of hydrogen-bond acceptors (Lipinski definition) is 5. The van der Waals surface area contributed by atoms with Gasteiger partial charge in [0.25, 0.3) is 12.5 Å².